The number of rotatable bonds is 3. The Kier molecular flexibility index (Phi) is 2.52. The fourth-order valence-corrected chi connectivity index (χ4v) is 1.62. The van der Waals surface area contributed by atoms with E-state index in [9.17, 15) is 4.79 Å². The number of benzene rings is 1. The molecule has 5 heteroatoms. The van der Waals surface area contributed by atoms with E-state index in [2.05, 4.69) is 0 Å². The van der Waals surface area contributed by atoms with Gasteiger partial charge in [0.2, 0.25) is 0 Å². The first-order chi connectivity index (χ1) is 7.58. The fourth-order valence-electron chi connectivity index (χ4n) is 1.62. The zero-order valence-corrected chi connectivity index (χ0v) is 8.99. The third-order valence-electron chi connectivity index (χ3n) is 2.43. The lowest BCUT2D eigenvalue weighted by molar-refractivity contribution is 0.508. The Balaban J connectivity index is 2.50. The summed E-state index contributed by atoms with van der Waals surface area (Å²) in [7, 11) is 0. The number of hydrogen-bond donors (Lipinski definition) is 2. The summed E-state index contributed by atoms with van der Waals surface area (Å²) in [5.74, 6) is -0.337. The highest BCUT2D eigenvalue weighted by molar-refractivity contribution is 5.77. The number of oxazole rings is 1. The van der Waals surface area contributed by atoms with Gasteiger partial charge in [0.25, 0.3) is 0 Å². The van der Waals surface area contributed by atoms with Gasteiger partial charge in [-0.25, -0.2) is 4.79 Å². The highest BCUT2D eigenvalue weighted by Crippen LogP contribution is 2.14. The van der Waals surface area contributed by atoms with Gasteiger partial charge in [-0.3, -0.25) is 9.98 Å². The summed E-state index contributed by atoms with van der Waals surface area (Å²) in [5, 5.41) is 7.15. The summed E-state index contributed by atoms with van der Waals surface area (Å²) in [6.45, 7) is 2.33. The van der Waals surface area contributed by atoms with Gasteiger partial charge in [0, 0.05) is 13.0 Å². The molecule has 0 saturated heterocycles. The Morgan fingerprint density at radius 1 is 1.56 bits per heavy atom. The van der Waals surface area contributed by atoms with Crippen LogP contribution in [-0.4, -0.2) is 10.4 Å². The summed E-state index contributed by atoms with van der Waals surface area (Å²) in [4.78, 5) is 11.5. The van der Waals surface area contributed by atoms with E-state index >= 15 is 0 Å². The van der Waals surface area contributed by atoms with Crippen LogP contribution in [0.2, 0.25) is 0 Å². The Morgan fingerprint density at radius 2 is 2.31 bits per heavy atom. The maximum absolute atomic E-state index is 11.5. The van der Waals surface area contributed by atoms with Gasteiger partial charge in [0.15, 0.2) is 5.58 Å². The van der Waals surface area contributed by atoms with Crippen LogP contribution < -0.4 is 11.5 Å². The van der Waals surface area contributed by atoms with Crippen LogP contribution in [0, 0.1) is 12.3 Å². The fraction of sp³-hybridized carbons (Fsp3) is 0.273. The lowest BCUT2D eigenvalue weighted by Gasteiger charge is -2.01. The van der Waals surface area contributed by atoms with Crippen molar-refractivity contribution >= 4 is 16.9 Å². The lowest BCUT2D eigenvalue weighted by Crippen LogP contribution is -2.19. The second-order valence-electron chi connectivity index (χ2n) is 3.77. The first-order valence-corrected chi connectivity index (χ1v) is 5.01. The molecule has 0 aliphatic carbocycles. The van der Waals surface area contributed by atoms with Gasteiger partial charge >= 0.3 is 5.76 Å². The molecular weight excluding hydrogens is 206 g/mol. The van der Waals surface area contributed by atoms with Crippen molar-refractivity contribution in [3.63, 3.8) is 0 Å². The third kappa shape index (κ3) is 1.84. The van der Waals surface area contributed by atoms with Gasteiger partial charge in [-0.15, -0.1) is 0 Å². The van der Waals surface area contributed by atoms with Gasteiger partial charge in [-0.1, -0.05) is 6.07 Å². The summed E-state index contributed by atoms with van der Waals surface area (Å²) in [5.41, 5.74) is 7.65. The van der Waals surface area contributed by atoms with E-state index in [4.69, 9.17) is 15.6 Å². The molecule has 0 saturated carbocycles. The Hall–Kier alpha value is -2.04. The molecule has 1 aromatic heterocycles. The van der Waals surface area contributed by atoms with E-state index < -0.39 is 5.76 Å². The van der Waals surface area contributed by atoms with Crippen molar-refractivity contribution < 1.29 is 4.42 Å². The van der Waals surface area contributed by atoms with E-state index in [-0.39, 0.29) is 5.84 Å². The molecule has 1 heterocycles. The molecule has 0 atom stereocenters. The minimum absolute atomic E-state index is 0.0638. The van der Waals surface area contributed by atoms with E-state index in [1.807, 2.05) is 19.1 Å². The molecule has 5 nitrogen and oxygen atoms in total. The molecule has 2 rings (SSSR count). The number of fused-ring (bicyclic) bond motifs is 1. The number of nitrogens with one attached hydrogen (secondary N) is 1. The largest absolute Gasteiger partial charge is 0.419 e. The summed E-state index contributed by atoms with van der Waals surface area (Å²) in [6.07, 6.45) is 0.350. The Bertz CT molecular complexity index is 595. The smallest absolute Gasteiger partial charge is 0.408 e. The molecule has 0 aliphatic heterocycles. The predicted octanol–water partition coefficient (Wildman–Crippen LogP) is 1.23. The topological polar surface area (TPSA) is 85.0 Å². The molecule has 0 unspecified atom stereocenters. The average molecular weight is 219 g/mol. The Morgan fingerprint density at radius 3 is 3.00 bits per heavy atom. The van der Waals surface area contributed by atoms with Crippen molar-refractivity contribution in [2.75, 3.05) is 0 Å². The van der Waals surface area contributed by atoms with Crippen molar-refractivity contribution in [2.45, 2.75) is 19.9 Å². The van der Waals surface area contributed by atoms with Crippen LogP contribution in [0.25, 0.3) is 11.1 Å². The molecule has 3 N–H and O–H groups in total. The second-order valence-corrected chi connectivity index (χ2v) is 3.77. The minimum Gasteiger partial charge on any atom is -0.408 e. The number of nitrogens with zero attached hydrogens (tertiary/aromatic N) is 1. The second kappa shape index (κ2) is 3.84. The molecule has 1 aromatic carbocycles. The van der Waals surface area contributed by atoms with E-state index in [1.165, 1.54) is 4.57 Å². The Labute approximate surface area is 92.0 Å². The molecule has 0 amide bonds. The van der Waals surface area contributed by atoms with Crippen LogP contribution in [0.4, 0.5) is 0 Å². The molecular formula is C11H13N3O2. The highest BCUT2D eigenvalue weighted by Gasteiger charge is 2.08. The zero-order valence-electron chi connectivity index (χ0n) is 8.99. The molecule has 0 aliphatic rings. The first-order valence-electron chi connectivity index (χ1n) is 5.01. The third-order valence-corrected chi connectivity index (χ3v) is 2.43. The van der Waals surface area contributed by atoms with Crippen molar-refractivity contribution in [2.24, 2.45) is 5.73 Å². The monoisotopic (exact) mass is 219 g/mol. The molecule has 2 aromatic rings. The van der Waals surface area contributed by atoms with Crippen LogP contribution in [0.15, 0.2) is 27.4 Å². The minimum atomic E-state index is -0.401. The number of amidine groups is 1. The summed E-state index contributed by atoms with van der Waals surface area (Å²) < 4.78 is 6.59. The van der Waals surface area contributed by atoms with Gasteiger partial charge in [0.1, 0.15) is 0 Å². The maximum Gasteiger partial charge on any atom is 0.419 e. The molecule has 84 valence electrons. The van der Waals surface area contributed by atoms with Crippen molar-refractivity contribution in [3.8, 4) is 0 Å². The lowest BCUT2D eigenvalue weighted by atomic mass is 10.2. The molecule has 16 heavy (non-hydrogen) atoms. The quantitative estimate of drug-likeness (QED) is 0.601. The first kappa shape index (κ1) is 10.5. The summed E-state index contributed by atoms with van der Waals surface area (Å²) in [6, 6.07) is 5.55. The number of aryl methyl sites for hydroxylation is 2. The van der Waals surface area contributed by atoms with Crippen LogP contribution in [0.3, 0.4) is 0 Å². The predicted molar refractivity (Wildman–Crippen MR) is 61.7 cm³/mol. The molecule has 0 bridgehead atoms. The van der Waals surface area contributed by atoms with E-state index in [1.54, 1.807) is 6.07 Å². The number of aromatic nitrogens is 1. The van der Waals surface area contributed by atoms with E-state index in [0.717, 1.165) is 11.1 Å². The van der Waals surface area contributed by atoms with E-state index in [0.29, 0.717) is 18.5 Å². The standard InChI is InChI=1S/C11H13N3O2/c1-7-2-3-9-8(6-7)14(11(15)16-9)5-4-10(12)13/h2-3,6H,4-5H2,1H3,(H3,12,13). The molecule has 0 radical (unpaired) electrons. The van der Waals surface area contributed by atoms with Crippen LogP contribution in [-0.2, 0) is 6.54 Å². The SMILES string of the molecule is Cc1ccc2oc(=O)n(CCC(=N)N)c2c1. The van der Waals surface area contributed by atoms with Crippen LogP contribution >= 0.6 is 0 Å². The maximum atomic E-state index is 11.5. The summed E-state index contributed by atoms with van der Waals surface area (Å²) >= 11 is 0. The highest BCUT2D eigenvalue weighted by atomic mass is 16.4. The van der Waals surface area contributed by atoms with Gasteiger partial charge in [-0.05, 0) is 24.6 Å². The van der Waals surface area contributed by atoms with Crippen molar-refractivity contribution in [1.29, 1.82) is 5.41 Å². The van der Waals surface area contributed by atoms with Gasteiger partial charge in [-0.2, -0.15) is 0 Å². The van der Waals surface area contributed by atoms with Gasteiger partial charge < -0.3 is 10.2 Å². The zero-order chi connectivity index (χ0) is 11.7. The average Bonchev–Trinajstić information content (AvgIpc) is 2.51. The molecule has 0 fully saturated rings. The number of hydrogen-bond acceptors (Lipinski definition) is 3. The van der Waals surface area contributed by atoms with Crippen molar-refractivity contribution in [3.05, 3.63) is 34.3 Å². The van der Waals surface area contributed by atoms with Gasteiger partial charge in [0.05, 0.1) is 11.4 Å². The molecule has 0 spiro atoms. The normalized spacial score (nSPS) is 10.8. The number of nitrogens with two attached hydrogens (primary N) is 1. The van der Waals surface area contributed by atoms with Crippen LogP contribution in [0.5, 0.6) is 0 Å². The van der Waals surface area contributed by atoms with Crippen molar-refractivity contribution in [1.82, 2.24) is 4.57 Å². The van der Waals surface area contributed by atoms with Crippen LogP contribution in [0.1, 0.15) is 12.0 Å².